The van der Waals surface area contributed by atoms with Gasteiger partial charge in [-0.25, -0.2) is 4.79 Å². The lowest BCUT2D eigenvalue weighted by Gasteiger charge is -2.16. The maximum absolute atomic E-state index is 12.1. The van der Waals surface area contributed by atoms with Gasteiger partial charge in [-0.1, -0.05) is 18.2 Å². The van der Waals surface area contributed by atoms with Crippen LogP contribution in [0.1, 0.15) is 26.4 Å². The van der Waals surface area contributed by atoms with Crippen molar-refractivity contribution in [3.8, 4) is 0 Å². The fraction of sp³-hybridized carbons (Fsp3) is 0.267. The lowest BCUT2D eigenvalue weighted by atomic mass is 10.0. The predicted molar refractivity (Wildman–Crippen MR) is 77.3 cm³/mol. The van der Waals surface area contributed by atoms with E-state index in [-0.39, 0.29) is 11.5 Å². The first-order valence-corrected chi connectivity index (χ1v) is 6.55. The standard InChI is InChI=1S/C15H17N3O3/c1-17(14(19)13-8-10-18(2)16-13)9-7-11-5-3-4-6-12(11)15(20)21/h3-6,8,10H,7,9H2,1-2H3,(H,20,21). The average Bonchev–Trinajstić information content (AvgIpc) is 2.90. The normalized spacial score (nSPS) is 10.4. The minimum Gasteiger partial charge on any atom is -0.478 e. The second-order valence-electron chi connectivity index (χ2n) is 4.81. The van der Waals surface area contributed by atoms with Crippen molar-refractivity contribution in [3.05, 3.63) is 53.3 Å². The van der Waals surface area contributed by atoms with Crippen molar-refractivity contribution < 1.29 is 14.7 Å². The van der Waals surface area contributed by atoms with E-state index in [2.05, 4.69) is 5.10 Å². The van der Waals surface area contributed by atoms with Crippen molar-refractivity contribution in [2.75, 3.05) is 13.6 Å². The Labute approximate surface area is 122 Å². The number of carboxylic acids is 1. The van der Waals surface area contributed by atoms with E-state index in [0.717, 1.165) is 0 Å². The van der Waals surface area contributed by atoms with E-state index in [1.807, 2.05) is 0 Å². The molecule has 0 aliphatic carbocycles. The Kier molecular flexibility index (Phi) is 4.37. The number of carboxylic acid groups (broad SMARTS) is 1. The highest BCUT2D eigenvalue weighted by Crippen LogP contribution is 2.10. The van der Waals surface area contributed by atoms with Gasteiger partial charge in [-0.3, -0.25) is 9.48 Å². The monoisotopic (exact) mass is 287 g/mol. The molecule has 2 rings (SSSR count). The number of likely N-dealkylation sites (N-methyl/N-ethyl adjacent to an activating group) is 1. The van der Waals surface area contributed by atoms with Crippen LogP contribution in [0.15, 0.2) is 36.5 Å². The van der Waals surface area contributed by atoms with Gasteiger partial charge in [-0.2, -0.15) is 5.10 Å². The highest BCUT2D eigenvalue weighted by molar-refractivity contribution is 5.92. The van der Waals surface area contributed by atoms with Crippen LogP contribution < -0.4 is 0 Å². The van der Waals surface area contributed by atoms with Crippen molar-refractivity contribution >= 4 is 11.9 Å². The van der Waals surface area contributed by atoms with Gasteiger partial charge in [0.1, 0.15) is 5.69 Å². The largest absolute Gasteiger partial charge is 0.478 e. The van der Waals surface area contributed by atoms with E-state index < -0.39 is 5.97 Å². The van der Waals surface area contributed by atoms with E-state index in [1.165, 1.54) is 0 Å². The van der Waals surface area contributed by atoms with Crippen LogP contribution in [0.25, 0.3) is 0 Å². The summed E-state index contributed by atoms with van der Waals surface area (Å²) in [5.41, 5.74) is 1.37. The molecule has 21 heavy (non-hydrogen) atoms. The van der Waals surface area contributed by atoms with Crippen LogP contribution in [0.4, 0.5) is 0 Å². The van der Waals surface area contributed by atoms with E-state index >= 15 is 0 Å². The smallest absolute Gasteiger partial charge is 0.335 e. The summed E-state index contributed by atoms with van der Waals surface area (Å²) in [4.78, 5) is 24.8. The Morgan fingerprint density at radius 2 is 2.00 bits per heavy atom. The summed E-state index contributed by atoms with van der Waals surface area (Å²) in [6, 6.07) is 8.48. The summed E-state index contributed by atoms with van der Waals surface area (Å²) >= 11 is 0. The van der Waals surface area contributed by atoms with Gasteiger partial charge < -0.3 is 10.0 Å². The van der Waals surface area contributed by atoms with Crippen LogP contribution in [0.3, 0.4) is 0 Å². The Hall–Kier alpha value is -2.63. The molecule has 0 unspecified atom stereocenters. The topological polar surface area (TPSA) is 75.4 Å². The van der Waals surface area contributed by atoms with Crippen LogP contribution in [-0.2, 0) is 13.5 Å². The first kappa shape index (κ1) is 14.8. The van der Waals surface area contributed by atoms with Gasteiger partial charge in [-0.05, 0) is 24.1 Å². The Morgan fingerprint density at radius 3 is 2.62 bits per heavy atom. The number of benzene rings is 1. The molecule has 0 fully saturated rings. The first-order chi connectivity index (χ1) is 9.99. The molecule has 1 amide bonds. The van der Waals surface area contributed by atoms with E-state index in [4.69, 9.17) is 5.11 Å². The van der Waals surface area contributed by atoms with Crippen LogP contribution in [0.2, 0.25) is 0 Å². The molecule has 2 aromatic rings. The second-order valence-corrected chi connectivity index (χ2v) is 4.81. The van der Waals surface area contributed by atoms with Gasteiger partial charge in [-0.15, -0.1) is 0 Å². The second kappa shape index (κ2) is 6.21. The molecule has 1 aromatic heterocycles. The lowest BCUT2D eigenvalue weighted by Crippen LogP contribution is -2.29. The molecule has 0 bridgehead atoms. The van der Waals surface area contributed by atoms with Crippen molar-refractivity contribution in [1.82, 2.24) is 14.7 Å². The number of aromatic carboxylic acids is 1. The number of carbonyl (C=O) groups excluding carboxylic acids is 1. The Balaban J connectivity index is 2.03. The molecule has 0 aliphatic rings. The molecule has 0 aliphatic heterocycles. The zero-order valence-electron chi connectivity index (χ0n) is 12.0. The molecule has 6 heteroatoms. The fourth-order valence-corrected chi connectivity index (χ4v) is 2.06. The van der Waals surface area contributed by atoms with Gasteiger partial charge in [0.2, 0.25) is 0 Å². The molecule has 1 heterocycles. The third-order valence-corrected chi connectivity index (χ3v) is 3.24. The number of aryl methyl sites for hydroxylation is 1. The van der Waals surface area contributed by atoms with Gasteiger partial charge in [0.05, 0.1) is 5.56 Å². The molecule has 1 aromatic carbocycles. The summed E-state index contributed by atoms with van der Waals surface area (Å²) in [5.74, 6) is -1.13. The molecular formula is C15H17N3O3. The summed E-state index contributed by atoms with van der Waals surface area (Å²) in [6.45, 7) is 0.430. The molecule has 0 atom stereocenters. The highest BCUT2D eigenvalue weighted by atomic mass is 16.4. The fourth-order valence-electron chi connectivity index (χ4n) is 2.06. The first-order valence-electron chi connectivity index (χ1n) is 6.55. The van der Waals surface area contributed by atoms with E-state index in [9.17, 15) is 9.59 Å². The van der Waals surface area contributed by atoms with Crippen LogP contribution in [-0.4, -0.2) is 45.3 Å². The number of hydrogen-bond acceptors (Lipinski definition) is 3. The third kappa shape index (κ3) is 3.47. The van der Waals surface area contributed by atoms with Gasteiger partial charge >= 0.3 is 5.97 Å². The van der Waals surface area contributed by atoms with E-state index in [0.29, 0.717) is 24.2 Å². The van der Waals surface area contributed by atoms with Gasteiger partial charge in [0.25, 0.3) is 5.91 Å². The maximum Gasteiger partial charge on any atom is 0.335 e. The summed E-state index contributed by atoms with van der Waals surface area (Å²) in [7, 11) is 3.43. The number of nitrogens with zero attached hydrogens (tertiary/aromatic N) is 3. The summed E-state index contributed by atoms with van der Waals surface area (Å²) in [5, 5.41) is 13.2. The van der Waals surface area contributed by atoms with Crippen molar-refractivity contribution in [2.45, 2.75) is 6.42 Å². The predicted octanol–water partition coefficient (Wildman–Crippen LogP) is 1.43. The molecular weight excluding hydrogens is 270 g/mol. The Morgan fingerprint density at radius 1 is 1.29 bits per heavy atom. The van der Waals surface area contributed by atoms with Gasteiger partial charge in [0, 0.05) is 26.8 Å². The molecule has 110 valence electrons. The highest BCUT2D eigenvalue weighted by Gasteiger charge is 2.15. The minimum absolute atomic E-state index is 0.177. The molecule has 0 radical (unpaired) electrons. The quantitative estimate of drug-likeness (QED) is 0.902. The number of rotatable bonds is 5. The van der Waals surface area contributed by atoms with Crippen LogP contribution in [0, 0.1) is 0 Å². The lowest BCUT2D eigenvalue weighted by molar-refractivity contribution is 0.0695. The molecule has 1 N–H and O–H groups in total. The molecule has 0 spiro atoms. The van der Waals surface area contributed by atoms with Crippen molar-refractivity contribution in [1.29, 1.82) is 0 Å². The minimum atomic E-state index is -0.954. The van der Waals surface area contributed by atoms with Crippen LogP contribution >= 0.6 is 0 Å². The number of aromatic nitrogens is 2. The number of amides is 1. The third-order valence-electron chi connectivity index (χ3n) is 3.24. The summed E-state index contributed by atoms with van der Waals surface area (Å²) < 4.78 is 1.57. The SMILES string of the molecule is CN(CCc1ccccc1C(=O)O)C(=O)c1ccn(C)n1. The van der Waals surface area contributed by atoms with E-state index in [1.54, 1.807) is 60.2 Å². The van der Waals surface area contributed by atoms with Gasteiger partial charge in [0.15, 0.2) is 0 Å². The van der Waals surface area contributed by atoms with Crippen molar-refractivity contribution in [2.24, 2.45) is 7.05 Å². The molecule has 6 nitrogen and oxygen atoms in total. The number of carbonyl (C=O) groups is 2. The Bertz CT molecular complexity index is 664. The zero-order chi connectivity index (χ0) is 15.4. The molecule has 0 saturated carbocycles. The molecule has 0 saturated heterocycles. The summed E-state index contributed by atoms with van der Waals surface area (Å²) in [6.07, 6.45) is 2.19. The average molecular weight is 287 g/mol. The zero-order valence-corrected chi connectivity index (χ0v) is 12.0. The number of hydrogen-bond donors (Lipinski definition) is 1. The van der Waals surface area contributed by atoms with Crippen LogP contribution in [0.5, 0.6) is 0 Å². The maximum atomic E-state index is 12.1. The van der Waals surface area contributed by atoms with Crippen molar-refractivity contribution in [3.63, 3.8) is 0 Å².